The molecule has 0 aliphatic carbocycles. The van der Waals surface area contributed by atoms with E-state index in [-0.39, 0.29) is 49.2 Å². The minimum absolute atomic E-state index is 0.0733. The van der Waals surface area contributed by atoms with Gasteiger partial charge in [-0.25, -0.2) is 18.2 Å². The molecule has 13 heteroatoms. The number of benzene rings is 1. The number of carbonyl (C=O) groups excluding carboxylic acids is 2. The van der Waals surface area contributed by atoms with Gasteiger partial charge in [0.2, 0.25) is 15.9 Å². The highest BCUT2D eigenvalue weighted by Crippen LogP contribution is 2.35. The summed E-state index contributed by atoms with van der Waals surface area (Å²) in [6, 6.07) is 10.9. The summed E-state index contributed by atoms with van der Waals surface area (Å²) in [5.74, 6) is -3.01. The molecule has 1 aliphatic heterocycles. The Labute approximate surface area is 205 Å². The van der Waals surface area contributed by atoms with Gasteiger partial charge in [-0.2, -0.15) is 18.4 Å². The molecular formula is C23H23F3N4O5S. The number of hydrogen-bond acceptors (Lipinski definition) is 8. The number of sulfonamides is 1. The third kappa shape index (κ3) is 6.72. The minimum atomic E-state index is -4.98. The first-order chi connectivity index (χ1) is 16.9. The van der Waals surface area contributed by atoms with Gasteiger partial charge in [0, 0.05) is 19.5 Å². The zero-order valence-electron chi connectivity index (χ0n) is 19.2. The van der Waals surface area contributed by atoms with Crippen LogP contribution in [0, 0.1) is 17.2 Å². The van der Waals surface area contributed by atoms with E-state index in [0.717, 1.165) is 6.07 Å². The Morgan fingerprint density at radius 2 is 1.97 bits per heavy atom. The Morgan fingerprint density at radius 3 is 2.58 bits per heavy atom. The van der Waals surface area contributed by atoms with E-state index < -0.39 is 39.3 Å². The van der Waals surface area contributed by atoms with E-state index in [2.05, 4.69) is 9.72 Å². The first-order valence-corrected chi connectivity index (χ1v) is 12.6. The smallest absolute Gasteiger partial charge is 0.434 e. The van der Waals surface area contributed by atoms with Crippen molar-refractivity contribution in [2.75, 3.05) is 24.6 Å². The molecule has 1 unspecified atom stereocenters. The van der Waals surface area contributed by atoms with Crippen LogP contribution in [0.25, 0.3) is 0 Å². The number of carbonyl (C=O) groups is 2. The van der Waals surface area contributed by atoms with Crippen molar-refractivity contribution in [2.24, 2.45) is 5.92 Å². The largest absolute Gasteiger partial charge is 0.462 e. The van der Waals surface area contributed by atoms with Crippen molar-refractivity contribution in [3.05, 3.63) is 58.8 Å². The van der Waals surface area contributed by atoms with Crippen LogP contribution in [0.15, 0.2) is 36.4 Å². The molecule has 1 aromatic heterocycles. The zero-order valence-corrected chi connectivity index (χ0v) is 20.0. The van der Waals surface area contributed by atoms with Crippen LogP contribution in [0.4, 0.5) is 19.0 Å². The molecule has 36 heavy (non-hydrogen) atoms. The SMILES string of the molecule is CCOC(=O)c1cc(C#N)c(N2CCC(CC(=O)NS(=O)(=O)Cc3ccccc3)C2)nc1C(F)(F)F. The maximum atomic E-state index is 13.6. The number of anilines is 1. The van der Waals surface area contributed by atoms with E-state index in [9.17, 15) is 36.4 Å². The lowest BCUT2D eigenvalue weighted by atomic mass is 10.1. The van der Waals surface area contributed by atoms with Gasteiger partial charge in [0.15, 0.2) is 5.69 Å². The number of esters is 1. The van der Waals surface area contributed by atoms with Gasteiger partial charge in [-0.15, -0.1) is 0 Å². The Balaban J connectivity index is 1.73. The quantitative estimate of drug-likeness (QED) is 0.522. The summed E-state index contributed by atoms with van der Waals surface area (Å²) in [4.78, 5) is 29.4. The lowest BCUT2D eigenvalue weighted by Gasteiger charge is -2.21. The molecule has 1 N–H and O–H groups in total. The highest BCUT2D eigenvalue weighted by molar-refractivity contribution is 7.89. The second-order valence-electron chi connectivity index (χ2n) is 8.16. The van der Waals surface area contributed by atoms with Crippen LogP contribution < -0.4 is 9.62 Å². The molecule has 0 saturated carbocycles. The molecule has 1 amide bonds. The van der Waals surface area contributed by atoms with Gasteiger partial charge in [-0.05, 0) is 30.9 Å². The van der Waals surface area contributed by atoms with Gasteiger partial charge in [-0.3, -0.25) is 9.52 Å². The van der Waals surface area contributed by atoms with Crippen molar-refractivity contribution in [1.82, 2.24) is 9.71 Å². The monoisotopic (exact) mass is 524 g/mol. The van der Waals surface area contributed by atoms with E-state index in [1.165, 1.54) is 11.8 Å². The molecule has 0 spiro atoms. The summed E-state index contributed by atoms with van der Waals surface area (Å²) >= 11 is 0. The van der Waals surface area contributed by atoms with Gasteiger partial charge in [0.1, 0.15) is 11.9 Å². The molecule has 0 radical (unpaired) electrons. The molecule has 1 atom stereocenters. The molecule has 2 heterocycles. The Kier molecular flexibility index (Phi) is 8.19. The number of ether oxygens (including phenoxy) is 1. The number of nitriles is 1. The maximum Gasteiger partial charge on any atom is 0.434 e. The Bertz CT molecular complexity index is 1280. The number of rotatable bonds is 8. The first kappa shape index (κ1) is 26.9. The third-order valence-electron chi connectivity index (χ3n) is 5.42. The molecule has 1 aliphatic rings. The molecule has 3 rings (SSSR count). The average Bonchev–Trinajstić information content (AvgIpc) is 3.25. The number of hydrogen-bond donors (Lipinski definition) is 1. The van der Waals surface area contributed by atoms with Crippen LogP contribution in [0.5, 0.6) is 0 Å². The second kappa shape index (κ2) is 10.9. The number of amides is 1. The molecule has 2 aromatic rings. The summed E-state index contributed by atoms with van der Waals surface area (Å²) in [6.07, 6.45) is -4.80. The standard InChI is InChI=1S/C23H23F3N4O5S/c1-2-35-22(32)18-11-17(12-27)21(28-20(18)23(24,25)26)30-9-8-16(13-30)10-19(31)29-36(33,34)14-15-6-4-3-5-7-15/h3-7,11,16H,2,8-10,13-14H2,1H3,(H,29,31). The van der Waals surface area contributed by atoms with E-state index >= 15 is 0 Å². The molecule has 192 valence electrons. The van der Waals surface area contributed by atoms with Crippen molar-refractivity contribution < 1.29 is 35.9 Å². The molecular weight excluding hydrogens is 501 g/mol. The number of aromatic nitrogens is 1. The van der Waals surface area contributed by atoms with Gasteiger partial charge in [0.05, 0.1) is 23.5 Å². The van der Waals surface area contributed by atoms with Gasteiger partial charge >= 0.3 is 12.1 Å². The predicted octanol–water partition coefficient (Wildman–Crippen LogP) is 3.01. The minimum Gasteiger partial charge on any atom is -0.462 e. The van der Waals surface area contributed by atoms with Crippen molar-refractivity contribution >= 4 is 27.7 Å². The van der Waals surface area contributed by atoms with E-state index in [1.807, 2.05) is 4.72 Å². The van der Waals surface area contributed by atoms with Crippen molar-refractivity contribution in [1.29, 1.82) is 5.26 Å². The Morgan fingerprint density at radius 1 is 1.28 bits per heavy atom. The first-order valence-electron chi connectivity index (χ1n) is 10.9. The van der Waals surface area contributed by atoms with Crippen LogP contribution in [0.3, 0.4) is 0 Å². The molecule has 1 saturated heterocycles. The van der Waals surface area contributed by atoms with E-state index in [4.69, 9.17) is 0 Å². The number of halogens is 3. The van der Waals surface area contributed by atoms with E-state index in [0.29, 0.717) is 12.0 Å². The normalized spacial score (nSPS) is 15.9. The van der Waals surface area contributed by atoms with Crippen LogP contribution in [0.1, 0.15) is 46.9 Å². The van der Waals surface area contributed by atoms with Crippen LogP contribution in [0.2, 0.25) is 0 Å². The number of nitrogens with zero attached hydrogens (tertiary/aromatic N) is 3. The topological polar surface area (TPSA) is 129 Å². The van der Waals surface area contributed by atoms with Crippen molar-refractivity contribution in [3.8, 4) is 6.07 Å². The molecule has 1 fully saturated rings. The summed E-state index contributed by atoms with van der Waals surface area (Å²) in [7, 11) is -3.93. The lowest BCUT2D eigenvalue weighted by molar-refractivity contribution is -0.141. The summed E-state index contributed by atoms with van der Waals surface area (Å²) in [5.41, 5.74) is -2.07. The number of pyridine rings is 1. The van der Waals surface area contributed by atoms with Crippen LogP contribution >= 0.6 is 0 Å². The van der Waals surface area contributed by atoms with Gasteiger partial charge in [0.25, 0.3) is 0 Å². The highest BCUT2D eigenvalue weighted by atomic mass is 32.2. The van der Waals surface area contributed by atoms with Crippen LogP contribution in [-0.4, -0.2) is 45.0 Å². The summed E-state index contributed by atoms with van der Waals surface area (Å²) in [5, 5.41) is 9.49. The summed E-state index contributed by atoms with van der Waals surface area (Å²) < 4.78 is 72.2. The molecule has 0 bridgehead atoms. The number of nitrogens with one attached hydrogen (secondary N) is 1. The number of alkyl halides is 3. The highest BCUT2D eigenvalue weighted by Gasteiger charge is 2.40. The van der Waals surface area contributed by atoms with Gasteiger partial charge < -0.3 is 9.64 Å². The van der Waals surface area contributed by atoms with Crippen LogP contribution in [-0.2, 0) is 31.5 Å². The third-order valence-corrected chi connectivity index (χ3v) is 6.67. The molecule has 1 aromatic carbocycles. The fourth-order valence-corrected chi connectivity index (χ4v) is 5.04. The fourth-order valence-electron chi connectivity index (χ4n) is 3.91. The predicted molar refractivity (Wildman–Crippen MR) is 122 cm³/mol. The maximum absolute atomic E-state index is 13.6. The van der Waals surface area contributed by atoms with Crippen molar-refractivity contribution in [2.45, 2.75) is 31.7 Å². The summed E-state index contributed by atoms with van der Waals surface area (Å²) in [6.45, 7) is 1.54. The average molecular weight is 525 g/mol. The second-order valence-corrected chi connectivity index (χ2v) is 9.88. The lowest BCUT2D eigenvalue weighted by Crippen LogP contribution is -2.33. The molecule has 9 nitrogen and oxygen atoms in total. The van der Waals surface area contributed by atoms with Gasteiger partial charge in [-0.1, -0.05) is 30.3 Å². The fraction of sp³-hybridized carbons (Fsp3) is 0.391. The Hall–Kier alpha value is -3.66. The van der Waals surface area contributed by atoms with Crippen molar-refractivity contribution in [3.63, 3.8) is 0 Å². The zero-order chi connectivity index (χ0) is 26.5. The van der Waals surface area contributed by atoms with E-state index in [1.54, 1.807) is 36.4 Å².